The molecule has 5 nitrogen and oxygen atoms in total. The molecule has 0 aliphatic carbocycles. The molecular formula is C18H24BrIN2O3. The first-order valence-corrected chi connectivity index (χ1v) is 10.3. The van der Waals surface area contributed by atoms with E-state index in [0.717, 1.165) is 28.9 Å². The third-order valence-electron chi connectivity index (χ3n) is 4.52. The fourth-order valence-corrected chi connectivity index (χ4v) is 4.34. The highest BCUT2D eigenvalue weighted by Gasteiger charge is 2.35. The van der Waals surface area contributed by atoms with E-state index in [9.17, 15) is 4.79 Å². The van der Waals surface area contributed by atoms with Gasteiger partial charge in [-0.25, -0.2) is 4.79 Å². The number of ether oxygens (including phenoxy) is 2. The highest BCUT2D eigenvalue weighted by Crippen LogP contribution is 2.37. The van der Waals surface area contributed by atoms with Gasteiger partial charge in [-0.1, -0.05) is 0 Å². The molecule has 0 aromatic heterocycles. The Balaban J connectivity index is 1.75. The lowest BCUT2D eigenvalue weighted by Crippen LogP contribution is -2.56. The molecule has 0 bridgehead atoms. The molecule has 1 saturated heterocycles. The summed E-state index contributed by atoms with van der Waals surface area (Å²) in [4.78, 5) is 16.6. The average Bonchev–Trinajstić information content (AvgIpc) is 2.69. The van der Waals surface area contributed by atoms with Crippen LogP contribution in [0.3, 0.4) is 0 Å². The van der Waals surface area contributed by atoms with Crippen molar-refractivity contribution in [2.24, 2.45) is 0 Å². The van der Waals surface area contributed by atoms with Gasteiger partial charge in [0.1, 0.15) is 18.0 Å². The molecule has 2 aliphatic heterocycles. The minimum atomic E-state index is -0.468. The minimum Gasteiger partial charge on any atom is -0.491 e. The van der Waals surface area contributed by atoms with Crippen LogP contribution in [-0.4, -0.2) is 53.8 Å². The Hall–Kier alpha value is -0.540. The zero-order valence-corrected chi connectivity index (χ0v) is 18.8. The van der Waals surface area contributed by atoms with E-state index >= 15 is 0 Å². The quantitative estimate of drug-likeness (QED) is 0.479. The van der Waals surface area contributed by atoms with Gasteiger partial charge in [-0.15, -0.1) is 0 Å². The number of fused-ring (bicyclic) bond motifs is 2. The Kier molecular flexibility index (Phi) is 5.56. The van der Waals surface area contributed by atoms with Crippen LogP contribution >= 0.6 is 38.5 Å². The maximum absolute atomic E-state index is 12.4. The lowest BCUT2D eigenvalue weighted by molar-refractivity contribution is -0.00156. The first-order valence-electron chi connectivity index (χ1n) is 8.48. The molecule has 3 rings (SSSR count). The topological polar surface area (TPSA) is 42.0 Å². The Labute approximate surface area is 171 Å². The summed E-state index contributed by atoms with van der Waals surface area (Å²) in [5.74, 6) is 0.977. The molecule has 1 fully saturated rings. The molecule has 0 N–H and O–H groups in total. The van der Waals surface area contributed by atoms with Crippen molar-refractivity contribution < 1.29 is 14.3 Å². The summed E-state index contributed by atoms with van der Waals surface area (Å²) in [5, 5.41) is 0. The molecule has 1 aromatic carbocycles. The highest BCUT2D eigenvalue weighted by molar-refractivity contribution is 14.1. The minimum absolute atomic E-state index is 0.185. The number of halogens is 2. The SMILES string of the molecule is Cc1c(Br)c(I)cc2c1OC[C@H]1CN(C(=O)OC(C)(C)C)CCN1C2. The molecule has 138 valence electrons. The van der Waals surface area contributed by atoms with Gasteiger partial charge < -0.3 is 14.4 Å². The van der Waals surface area contributed by atoms with Crippen LogP contribution in [0.1, 0.15) is 31.9 Å². The maximum atomic E-state index is 12.4. The summed E-state index contributed by atoms with van der Waals surface area (Å²) in [6, 6.07) is 2.37. The van der Waals surface area contributed by atoms with Crippen molar-refractivity contribution in [1.29, 1.82) is 0 Å². The van der Waals surface area contributed by atoms with E-state index in [2.05, 4.69) is 56.4 Å². The van der Waals surface area contributed by atoms with E-state index in [4.69, 9.17) is 9.47 Å². The predicted octanol–water partition coefficient (Wildman–Crippen LogP) is 4.18. The Bertz CT molecular complexity index is 690. The summed E-state index contributed by atoms with van der Waals surface area (Å²) in [6.45, 7) is 11.4. The van der Waals surface area contributed by atoms with Gasteiger partial charge in [0.25, 0.3) is 0 Å². The van der Waals surface area contributed by atoms with Gasteiger partial charge >= 0.3 is 6.09 Å². The van der Waals surface area contributed by atoms with Crippen molar-refractivity contribution in [3.63, 3.8) is 0 Å². The van der Waals surface area contributed by atoms with Gasteiger partial charge in [0.15, 0.2) is 0 Å². The van der Waals surface area contributed by atoms with Crippen molar-refractivity contribution in [3.8, 4) is 5.75 Å². The highest BCUT2D eigenvalue weighted by atomic mass is 127. The lowest BCUT2D eigenvalue weighted by atomic mass is 10.1. The zero-order chi connectivity index (χ0) is 18.4. The molecule has 1 aromatic rings. The van der Waals surface area contributed by atoms with Crippen LogP contribution in [0.5, 0.6) is 5.75 Å². The van der Waals surface area contributed by atoms with E-state index < -0.39 is 5.60 Å². The molecule has 0 unspecified atom stereocenters. The largest absolute Gasteiger partial charge is 0.491 e. The van der Waals surface area contributed by atoms with Crippen molar-refractivity contribution >= 4 is 44.6 Å². The van der Waals surface area contributed by atoms with Crippen molar-refractivity contribution in [2.75, 3.05) is 26.2 Å². The second kappa shape index (κ2) is 7.23. The van der Waals surface area contributed by atoms with Gasteiger partial charge in [-0.3, -0.25) is 4.90 Å². The van der Waals surface area contributed by atoms with E-state index in [1.54, 1.807) is 4.90 Å². The monoisotopic (exact) mass is 522 g/mol. The van der Waals surface area contributed by atoms with Crippen LogP contribution in [0.2, 0.25) is 0 Å². The number of carbonyl (C=O) groups excluding carboxylic acids is 1. The molecule has 7 heteroatoms. The second-order valence-corrected chi connectivity index (χ2v) is 9.60. The maximum Gasteiger partial charge on any atom is 0.410 e. The molecule has 2 heterocycles. The number of benzene rings is 1. The molecule has 0 saturated carbocycles. The summed E-state index contributed by atoms with van der Waals surface area (Å²) >= 11 is 6.00. The van der Waals surface area contributed by atoms with Crippen molar-refractivity contribution in [2.45, 2.75) is 45.9 Å². The van der Waals surface area contributed by atoms with Gasteiger partial charge in [0, 0.05) is 45.3 Å². The standard InChI is InChI=1S/C18H24BrIN2O3/c1-11-15(19)14(20)7-12-8-21-5-6-22(17(23)25-18(2,3)4)9-13(21)10-24-16(11)12/h7,13H,5-6,8-10H2,1-4H3/t13-/m1/s1. The number of piperazine rings is 1. The van der Waals surface area contributed by atoms with Crippen LogP contribution in [-0.2, 0) is 11.3 Å². The predicted molar refractivity (Wildman–Crippen MR) is 109 cm³/mol. The van der Waals surface area contributed by atoms with Crippen molar-refractivity contribution in [1.82, 2.24) is 9.80 Å². The smallest absolute Gasteiger partial charge is 0.410 e. The zero-order valence-electron chi connectivity index (χ0n) is 15.1. The fraction of sp³-hybridized carbons (Fsp3) is 0.611. The van der Waals surface area contributed by atoms with Gasteiger partial charge in [-0.2, -0.15) is 0 Å². The average molecular weight is 523 g/mol. The Morgan fingerprint density at radius 1 is 1.40 bits per heavy atom. The normalized spacial score (nSPS) is 21.0. The van der Waals surface area contributed by atoms with Crippen LogP contribution in [0.15, 0.2) is 10.5 Å². The number of hydrogen-bond acceptors (Lipinski definition) is 4. The van der Waals surface area contributed by atoms with Gasteiger partial charge in [-0.05, 0) is 72.3 Å². The third kappa shape index (κ3) is 4.24. The van der Waals surface area contributed by atoms with Crippen LogP contribution in [0.4, 0.5) is 4.79 Å². The summed E-state index contributed by atoms with van der Waals surface area (Å²) < 4.78 is 14.0. The number of nitrogens with zero attached hydrogens (tertiary/aromatic N) is 2. The van der Waals surface area contributed by atoms with Crippen LogP contribution in [0.25, 0.3) is 0 Å². The van der Waals surface area contributed by atoms with E-state index in [1.165, 1.54) is 9.13 Å². The van der Waals surface area contributed by atoms with Crippen molar-refractivity contribution in [3.05, 3.63) is 25.2 Å². The van der Waals surface area contributed by atoms with E-state index in [1.807, 2.05) is 20.8 Å². The van der Waals surface area contributed by atoms with Crippen LogP contribution in [0, 0.1) is 10.5 Å². The third-order valence-corrected chi connectivity index (χ3v) is 7.14. The van der Waals surface area contributed by atoms with Gasteiger partial charge in [0.05, 0.1) is 6.04 Å². The Morgan fingerprint density at radius 3 is 2.80 bits per heavy atom. The molecule has 0 spiro atoms. The van der Waals surface area contributed by atoms with Gasteiger partial charge in [0.2, 0.25) is 0 Å². The fourth-order valence-electron chi connectivity index (χ4n) is 3.27. The summed E-state index contributed by atoms with van der Waals surface area (Å²) in [7, 11) is 0. The Morgan fingerprint density at radius 2 is 2.12 bits per heavy atom. The number of hydrogen-bond donors (Lipinski definition) is 0. The van der Waals surface area contributed by atoms with Crippen LogP contribution < -0.4 is 4.74 Å². The molecule has 25 heavy (non-hydrogen) atoms. The molecule has 0 radical (unpaired) electrons. The lowest BCUT2D eigenvalue weighted by Gasteiger charge is -2.40. The summed E-state index contributed by atoms with van der Waals surface area (Å²) in [5.41, 5.74) is 1.90. The number of carbonyl (C=O) groups is 1. The first kappa shape index (κ1) is 19.2. The molecular weight excluding hydrogens is 499 g/mol. The second-order valence-electron chi connectivity index (χ2n) is 7.65. The van der Waals surface area contributed by atoms with E-state index in [0.29, 0.717) is 19.7 Å². The molecule has 1 atom stereocenters. The number of rotatable bonds is 0. The first-order chi connectivity index (χ1) is 11.7. The number of amides is 1. The molecule has 2 aliphatic rings. The van der Waals surface area contributed by atoms with E-state index in [-0.39, 0.29) is 12.1 Å². The summed E-state index contributed by atoms with van der Waals surface area (Å²) in [6.07, 6.45) is -0.234. The molecule has 1 amide bonds.